The van der Waals surface area contributed by atoms with Crippen LogP contribution >= 0.6 is 11.3 Å². The zero-order chi connectivity index (χ0) is 22.3. The Labute approximate surface area is 181 Å². The average molecular weight is 448 g/mol. The van der Waals surface area contributed by atoms with Gasteiger partial charge in [0.1, 0.15) is 10.7 Å². The molecule has 3 aromatic rings. The van der Waals surface area contributed by atoms with Crippen LogP contribution in [0.2, 0.25) is 0 Å². The molecule has 4 rings (SSSR count). The number of nitrogens with two attached hydrogens (primary N) is 1. The predicted molar refractivity (Wildman–Crippen MR) is 113 cm³/mol. The van der Waals surface area contributed by atoms with E-state index in [4.69, 9.17) is 10.5 Å². The van der Waals surface area contributed by atoms with E-state index < -0.39 is 17.7 Å². The predicted octanol–water partition coefficient (Wildman–Crippen LogP) is 3.37. The van der Waals surface area contributed by atoms with Crippen molar-refractivity contribution in [3.05, 3.63) is 40.2 Å². The second-order valence-corrected chi connectivity index (χ2v) is 8.62. The van der Waals surface area contributed by atoms with E-state index in [2.05, 4.69) is 25.2 Å². The van der Waals surface area contributed by atoms with Gasteiger partial charge in [0.25, 0.3) is 0 Å². The van der Waals surface area contributed by atoms with Crippen LogP contribution in [0.1, 0.15) is 35.3 Å². The SMILES string of the molecule is COc1nc2cc(F)c(F)cc2nc1C1CC(NC(N)=O)CCN1c1sc(C)nc1C. The molecule has 0 radical (unpaired) electrons. The number of anilines is 1. The molecule has 0 aliphatic carbocycles. The van der Waals surface area contributed by atoms with E-state index in [9.17, 15) is 13.6 Å². The van der Waals surface area contributed by atoms with Crippen LogP contribution in [-0.4, -0.2) is 40.7 Å². The lowest BCUT2D eigenvalue weighted by molar-refractivity contribution is 0.240. The van der Waals surface area contributed by atoms with Gasteiger partial charge in [0.15, 0.2) is 11.6 Å². The number of aromatic nitrogens is 3. The first kappa shape index (κ1) is 21.2. The number of fused-ring (bicyclic) bond motifs is 1. The number of hydrogen-bond donors (Lipinski definition) is 2. The number of aryl methyl sites for hydroxylation is 2. The maximum atomic E-state index is 13.9. The number of nitrogens with zero attached hydrogens (tertiary/aromatic N) is 4. The van der Waals surface area contributed by atoms with Gasteiger partial charge in [-0.25, -0.2) is 28.5 Å². The van der Waals surface area contributed by atoms with E-state index in [1.165, 1.54) is 7.11 Å². The highest BCUT2D eigenvalue weighted by Crippen LogP contribution is 2.41. The third-order valence-electron chi connectivity index (χ3n) is 5.30. The van der Waals surface area contributed by atoms with Crippen molar-refractivity contribution >= 4 is 33.4 Å². The van der Waals surface area contributed by atoms with Crippen LogP contribution in [0.25, 0.3) is 11.0 Å². The maximum absolute atomic E-state index is 13.9. The van der Waals surface area contributed by atoms with Crippen LogP contribution in [-0.2, 0) is 0 Å². The molecule has 1 fully saturated rings. The Morgan fingerprint density at radius 2 is 1.90 bits per heavy atom. The molecule has 3 N–H and O–H groups in total. The van der Waals surface area contributed by atoms with E-state index in [-0.39, 0.29) is 29.0 Å². The lowest BCUT2D eigenvalue weighted by Crippen LogP contribution is -2.48. The van der Waals surface area contributed by atoms with Crippen LogP contribution < -0.4 is 20.7 Å². The summed E-state index contributed by atoms with van der Waals surface area (Å²) in [4.78, 5) is 27.1. The van der Waals surface area contributed by atoms with E-state index >= 15 is 0 Å². The molecule has 2 aromatic heterocycles. The Bertz CT molecular complexity index is 1150. The van der Waals surface area contributed by atoms with Crippen LogP contribution in [0.5, 0.6) is 5.88 Å². The third-order valence-corrected chi connectivity index (χ3v) is 6.41. The highest BCUT2D eigenvalue weighted by atomic mass is 32.1. The fraction of sp³-hybridized carbons (Fsp3) is 0.400. The molecule has 0 saturated carbocycles. The summed E-state index contributed by atoms with van der Waals surface area (Å²) in [5, 5.41) is 4.68. The number of primary amides is 1. The molecular weight excluding hydrogens is 426 g/mol. The number of carbonyl (C=O) groups is 1. The number of hydrogen-bond acceptors (Lipinski definition) is 7. The van der Waals surface area contributed by atoms with Crippen molar-refractivity contribution < 1.29 is 18.3 Å². The number of carbonyl (C=O) groups excluding carboxylic acids is 1. The molecule has 0 bridgehead atoms. The molecule has 0 spiro atoms. The van der Waals surface area contributed by atoms with Crippen molar-refractivity contribution in [1.29, 1.82) is 0 Å². The summed E-state index contributed by atoms with van der Waals surface area (Å²) in [6.45, 7) is 4.48. The Morgan fingerprint density at radius 1 is 1.23 bits per heavy atom. The first-order valence-corrected chi connectivity index (χ1v) is 10.6. The molecule has 8 nitrogen and oxygen atoms in total. The third kappa shape index (κ3) is 4.09. The van der Waals surface area contributed by atoms with E-state index in [0.29, 0.717) is 25.1 Å². The second-order valence-electron chi connectivity index (χ2n) is 7.44. The summed E-state index contributed by atoms with van der Waals surface area (Å²) in [7, 11) is 1.45. The van der Waals surface area contributed by atoms with Gasteiger partial charge in [-0.3, -0.25) is 0 Å². The van der Waals surface area contributed by atoms with Gasteiger partial charge in [0, 0.05) is 24.7 Å². The average Bonchev–Trinajstić information content (AvgIpc) is 3.05. The van der Waals surface area contributed by atoms with Gasteiger partial charge in [-0.15, -0.1) is 11.3 Å². The zero-order valence-electron chi connectivity index (χ0n) is 17.3. The number of nitrogens with one attached hydrogen (secondary N) is 1. The molecule has 31 heavy (non-hydrogen) atoms. The minimum atomic E-state index is -1.00. The molecule has 2 unspecified atom stereocenters. The van der Waals surface area contributed by atoms with Gasteiger partial charge in [-0.05, 0) is 26.7 Å². The fourth-order valence-electron chi connectivity index (χ4n) is 4.00. The summed E-state index contributed by atoms with van der Waals surface area (Å²) >= 11 is 1.56. The summed E-state index contributed by atoms with van der Waals surface area (Å²) < 4.78 is 33.0. The summed E-state index contributed by atoms with van der Waals surface area (Å²) in [6, 6.07) is 0.895. The number of amides is 2. The number of piperidine rings is 1. The molecule has 1 aromatic carbocycles. The molecule has 164 valence electrons. The maximum Gasteiger partial charge on any atom is 0.312 e. The van der Waals surface area contributed by atoms with Crippen molar-refractivity contribution in [2.75, 3.05) is 18.6 Å². The molecule has 1 aliphatic rings. The first-order chi connectivity index (χ1) is 14.8. The number of rotatable bonds is 4. The monoisotopic (exact) mass is 448 g/mol. The summed E-state index contributed by atoms with van der Waals surface area (Å²) in [6.07, 6.45) is 1.17. The normalized spacial score (nSPS) is 18.9. The number of urea groups is 1. The molecule has 1 saturated heterocycles. The van der Waals surface area contributed by atoms with Gasteiger partial charge >= 0.3 is 6.03 Å². The van der Waals surface area contributed by atoms with Crippen molar-refractivity contribution in [3.63, 3.8) is 0 Å². The van der Waals surface area contributed by atoms with E-state index in [1.54, 1.807) is 11.3 Å². The number of halogens is 2. The lowest BCUT2D eigenvalue weighted by Gasteiger charge is -2.40. The van der Waals surface area contributed by atoms with E-state index in [1.807, 2.05) is 13.8 Å². The van der Waals surface area contributed by atoms with Gasteiger partial charge in [0.2, 0.25) is 5.88 Å². The van der Waals surface area contributed by atoms with Crippen LogP contribution in [0, 0.1) is 25.5 Å². The van der Waals surface area contributed by atoms with Crippen molar-refractivity contribution in [3.8, 4) is 5.88 Å². The topological polar surface area (TPSA) is 106 Å². The molecular formula is C20H22F2N6O2S. The Kier molecular flexibility index (Phi) is 5.61. The van der Waals surface area contributed by atoms with Gasteiger partial charge < -0.3 is 20.7 Å². The smallest absolute Gasteiger partial charge is 0.312 e. The van der Waals surface area contributed by atoms with Crippen molar-refractivity contribution in [1.82, 2.24) is 20.3 Å². The van der Waals surface area contributed by atoms with Gasteiger partial charge in [-0.2, -0.15) is 0 Å². The highest BCUT2D eigenvalue weighted by molar-refractivity contribution is 7.15. The largest absolute Gasteiger partial charge is 0.480 e. The summed E-state index contributed by atoms with van der Waals surface area (Å²) in [5.41, 5.74) is 7.11. The standard InChI is InChI=1S/C20H22F2N6O2S/c1-9-19(31-10(2)24-9)28-5-4-11(25-20(23)29)6-16(28)17-18(30-3)27-15-8-13(22)12(21)7-14(15)26-17/h7-8,11,16H,4-6H2,1-3H3,(H3,23,25,29). The molecule has 1 aliphatic heterocycles. The van der Waals surface area contributed by atoms with Crippen molar-refractivity contribution in [2.45, 2.75) is 38.8 Å². The number of benzene rings is 1. The Morgan fingerprint density at radius 3 is 2.48 bits per heavy atom. The quantitative estimate of drug-likeness (QED) is 0.634. The first-order valence-electron chi connectivity index (χ1n) is 9.74. The van der Waals surface area contributed by atoms with Gasteiger partial charge in [-0.1, -0.05) is 0 Å². The zero-order valence-corrected chi connectivity index (χ0v) is 18.1. The Balaban J connectivity index is 1.84. The molecule has 2 atom stereocenters. The summed E-state index contributed by atoms with van der Waals surface area (Å²) in [5.74, 6) is -1.79. The number of ether oxygens (including phenoxy) is 1. The van der Waals surface area contributed by atoms with Gasteiger partial charge in [0.05, 0.1) is 34.9 Å². The van der Waals surface area contributed by atoms with Crippen LogP contribution in [0.4, 0.5) is 18.6 Å². The lowest BCUT2D eigenvalue weighted by atomic mass is 9.94. The molecule has 3 heterocycles. The minimum Gasteiger partial charge on any atom is -0.480 e. The number of thiazole rings is 1. The number of methoxy groups -OCH3 is 1. The van der Waals surface area contributed by atoms with Crippen LogP contribution in [0.15, 0.2) is 12.1 Å². The highest BCUT2D eigenvalue weighted by Gasteiger charge is 2.35. The van der Waals surface area contributed by atoms with Crippen molar-refractivity contribution in [2.24, 2.45) is 5.73 Å². The molecule has 11 heteroatoms. The Hall–Kier alpha value is -3.08. The second kappa shape index (κ2) is 8.22. The molecule has 2 amide bonds. The van der Waals surface area contributed by atoms with Crippen LogP contribution in [0.3, 0.4) is 0 Å². The minimum absolute atomic E-state index is 0.180. The van der Waals surface area contributed by atoms with E-state index in [0.717, 1.165) is 27.8 Å². The fourth-order valence-corrected chi connectivity index (χ4v) is 4.99.